The lowest BCUT2D eigenvalue weighted by atomic mass is 10.1. The molecule has 14 heavy (non-hydrogen) atoms. The number of aliphatic hydroxyl groups is 1. The number of aromatic nitrogens is 2. The molecule has 0 aromatic carbocycles. The molecule has 1 aliphatic rings. The van der Waals surface area contributed by atoms with Crippen LogP contribution in [0.4, 0.5) is 5.82 Å². The Kier molecular flexibility index (Phi) is 2.25. The van der Waals surface area contributed by atoms with Crippen molar-refractivity contribution in [2.45, 2.75) is 12.8 Å². The summed E-state index contributed by atoms with van der Waals surface area (Å²) in [4.78, 5) is 17.3. The fraction of sp³-hybridized carbons (Fsp3) is 0.556. The van der Waals surface area contributed by atoms with E-state index in [-0.39, 0.29) is 17.6 Å². The maximum Gasteiger partial charge on any atom is 0.252 e. The number of hydrogen-bond acceptors (Lipinski definition) is 4. The van der Waals surface area contributed by atoms with Gasteiger partial charge in [-0.05, 0) is 12.8 Å². The van der Waals surface area contributed by atoms with Crippen molar-refractivity contribution in [2.24, 2.45) is 5.41 Å². The van der Waals surface area contributed by atoms with E-state index >= 15 is 0 Å². The van der Waals surface area contributed by atoms with Gasteiger partial charge in [-0.25, -0.2) is 4.98 Å². The number of hydrogen-bond donors (Lipinski definition) is 3. The van der Waals surface area contributed by atoms with Crippen LogP contribution in [0, 0.1) is 5.41 Å². The van der Waals surface area contributed by atoms with Crippen LogP contribution in [-0.2, 0) is 0 Å². The molecule has 0 spiro atoms. The second-order valence-corrected chi connectivity index (χ2v) is 3.81. The van der Waals surface area contributed by atoms with Gasteiger partial charge in [0.15, 0.2) is 0 Å². The Bertz CT molecular complexity index is 370. The first-order valence-electron chi connectivity index (χ1n) is 4.64. The standard InChI is InChI=1S/C9H13N3O2/c13-5-9(1-2-9)4-10-7-3-8(14)12-6-11-7/h3,6,13H,1-2,4-5H2,(H2,10,11,12,14). The van der Waals surface area contributed by atoms with Crippen molar-refractivity contribution < 1.29 is 5.11 Å². The van der Waals surface area contributed by atoms with Crippen molar-refractivity contribution in [3.05, 3.63) is 22.7 Å². The number of nitrogens with one attached hydrogen (secondary N) is 2. The normalized spacial score (nSPS) is 17.8. The maximum absolute atomic E-state index is 10.9. The van der Waals surface area contributed by atoms with Gasteiger partial charge in [-0.15, -0.1) is 0 Å². The third kappa shape index (κ3) is 1.93. The van der Waals surface area contributed by atoms with Gasteiger partial charge in [-0.2, -0.15) is 0 Å². The molecule has 2 rings (SSSR count). The average molecular weight is 195 g/mol. The number of nitrogens with zero attached hydrogens (tertiary/aromatic N) is 1. The van der Waals surface area contributed by atoms with E-state index in [1.807, 2.05) is 0 Å². The Morgan fingerprint density at radius 3 is 3.00 bits per heavy atom. The molecule has 1 saturated carbocycles. The number of aromatic amines is 1. The number of anilines is 1. The molecule has 1 aromatic rings. The lowest BCUT2D eigenvalue weighted by Gasteiger charge is -2.12. The number of aliphatic hydroxyl groups excluding tert-OH is 1. The summed E-state index contributed by atoms with van der Waals surface area (Å²) in [5, 5.41) is 12.1. The molecule has 1 aliphatic carbocycles. The summed E-state index contributed by atoms with van der Waals surface area (Å²) in [5.74, 6) is 0.563. The van der Waals surface area contributed by atoms with Gasteiger partial charge in [-0.3, -0.25) is 4.79 Å². The first kappa shape index (κ1) is 9.21. The van der Waals surface area contributed by atoms with Crippen molar-refractivity contribution >= 4 is 5.82 Å². The van der Waals surface area contributed by atoms with E-state index in [2.05, 4.69) is 15.3 Å². The van der Waals surface area contributed by atoms with Crippen LogP contribution in [0.5, 0.6) is 0 Å². The number of rotatable bonds is 4. The molecule has 5 heteroatoms. The highest BCUT2D eigenvalue weighted by molar-refractivity contribution is 5.32. The molecule has 76 valence electrons. The van der Waals surface area contributed by atoms with Crippen molar-refractivity contribution in [2.75, 3.05) is 18.5 Å². The summed E-state index contributed by atoms with van der Waals surface area (Å²) in [6.45, 7) is 0.878. The molecular formula is C9H13N3O2. The van der Waals surface area contributed by atoms with Crippen LogP contribution in [0.25, 0.3) is 0 Å². The molecule has 1 heterocycles. The van der Waals surface area contributed by atoms with E-state index in [0.717, 1.165) is 12.8 Å². The Morgan fingerprint density at radius 1 is 1.64 bits per heavy atom. The molecular weight excluding hydrogens is 182 g/mol. The molecule has 3 N–H and O–H groups in total. The van der Waals surface area contributed by atoms with Crippen molar-refractivity contribution in [1.29, 1.82) is 0 Å². The fourth-order valence-electron chi connectivity index (χ4n) is 1.31. The van der Waals surface area contributed by atoms with Crippen molar-refractivity contribution in [3.63, 3.8) is 0 Å². The topological polar surface area (TPSA) is 78.0 Å². The molecule has 0 aliphatic heterocycles. The zero-order chi connectivity index (χ0) is 10.0. The Hall–Kier alpha value is -1.36. The van der Waals surface area contributed by atoms with Gasteiger partial charge >= 0.3 is 0 Å². The zero-order valence-electron chi connectivity index (χ0n) is 7.79. The molecule has 0 radical (unpaired) electrons. The van der Waals surface area contributed by atoms with Gasteiger partial charge in [-0.1, -0.05) is 0 Å². The van der Waals surface area contributed by atoms with E-state index in [1.165, 1.54) is 12.4 Å². The largest absolute Gasteiger partial charge is 0.396 e. The van der Waals surface area contributed by atoms with Crippen LogP contribution < -0.4 is 10.9 Å². The molecule has 0 saturated heterocycles. The van der Waals surface area contributed by atoms with Gasteiger partial charge in [0, 0.05) is 18.0 Å². The monoisotopic (exact) mass is 195 g/mol. The third-order valence-electron chi connectivity index (χ3n) is 2.62. The molecule has 1 aromatic heterocycles. The summed E-state index contributed by atoms with van der Waals surface area (Å²) in [5.41, 5.74) is -0.138. The predicted molar refractivity (Wildman–Crippen MR) is 52.1 cm³/mol. The summed E-state index contributed by atoms with van der Waals surface area (Å²) in [6, 6.07) is 1.41. The maximum atomic E-state index is 10.9. The van der Waals surface area contributed by atoms with E-state index < -0.39 is 0 Å². The summed E-state index contributed by atoms with van der Waals surface area (Å²) >= 11 is 0. The Balaban J connectivity index is 1.95. The smallest absolute Gasteiger partial charge is 0.252 e. The minimum Gasteiger partial charge on any atom is -0.396 e. The molecule has 0 atom stereocenters. The molecule has 0 bridgehead atoms. The van der Waals surface area contributed by atoms with Crippen LogP contribution in [0.15, 0.2) is 17.2 Å². The quantitative estimate of drug-likeness (QED) is 0.629. The zero-order valence-corrected chi connectivity index (χ0v) is 7.79. The van der Waals surface area contributed by atoms with Gasteiger partial charge in [0.1, 0.15) is 5.82 Å². The highest BCUT2D eigenvalue weighted by Crippen LogP contribution is 2.44. The van der Waals surface area contributed by atoms with Gasteiger partial charge < -0.3 is 15.4 Å². The van der Waals surface area contributed by atoms with Crippen LogP contribution in [0.1, 0.15) is 12.8 Å². The fourth-order valence-corrected chi connectivity index (χ4v) is 1.31. The molecule has 5 nitrogen and oxygen atoms in total. The van der Waals surface area contributed by atoms with Crippen LogP contribution in [-0.4, -0.2) is 28.2 Å². The van der Waals surface area contributed by atoms with E-state index in [1.54, 1.807) is 0 Å². The average Bonchev–Trinajstić information content (AvgIpc) is 2.96. The second-order valence-electron chi connectivity index (χ2n) is 3.81. The lowest BCUT2D eigenvalue weighted by molar-refractivity contribution is 0.219. The minimum atomic E-state index is -0.170. The van der Waals surface area contributed by atoms with Crippen LogP contribution in [0.3, 0.4) is 0 Å². The van der Waals surface area contributed by atoms with Gasteiger partial charge in [0.2, 0.25) is 0 Å². The summed E-state index contributed by atoms with van der Waals surface area (Å²) in [6.07, 6.45) is 3.45. The highest BCUT2D eigenvalue weighted by atomic mass is 16.3. The van der Waals surface area contributed by atoms with Crippen LogP contribution in [0.2, 0.25) is 0 Å². The van der Waals surface area contributed by atoms with Crippen molar-refractivity contribution in [1.82, 2.24) is 9.97 Å². The second kappa shape index (κ2) is 3.42. The Labute approximate surface area is 81.2 Å². The molecule has 0 amide bonds. The lowest BCUT2D eigenvalue weighted by Crippen LogP contribution is -2.20. The summed E-state index contributed by atoms with van der Waals surface area (Å²) < 4.78 is 0. The third-order valence-corrected chi connectivity index (χ3v) is 2.62. The Morgan fingerprint density at radius 2 is 2.43 bits per heavy atom. The number of H-pyrrole nitrogens is 1. The first-order chi connectivity index (χ1) is 6.74. The van der Waals surface area contributed by atoms with E-state index in [4.69, 9.17) is 5.11 Å². The SMILES string of the molecule is O=c1cc(NCC2(CO)CC2)nc[nH]1. The highest BCUT2D eigenvalue weighted by Gasteiger charge is 2.41. The van der Waals surface area contributed by atoms with E-state index in [0.29, 0.717) is 12.4 Å². The van der Waals surface area contributed by atoms with E-state index in [9.17, 15) is 4.79 Å². The summed E-state index contributed by atoms with van der Waals surface area (Å²) in [7, 11) is 0. The van der Waals surface area contributed by atoms with Crippen molar-refractivity contribution in [3.8, 4) is 0 Å². The first-order valence-corrected chi connectivity index (χ1v) is 4.64. The van der Waals surface area contributed by atoms with Crippen LogP contribution >= 0.6 is 0 Å². The molecule has 1 fully saturated rings. The van der Waals surface area contributed by atoms with Gasteiger partial charge in [0.25, 0.3) is 5.56 Å². The molecule has 0 unspecified atom stereocenters. The minimum absolute atomic E-state index is 0.0320. The predicted octanol–water partition coefficient (Wildman–Crippen LogP) is -0.0457. The van der Waals surface area contributed by atoms with Gasteiger partial charge in [0.05, 0.1) is 12.9 Å².